The normalized spacial score (nSPS) is 43.2. The number of ether oxygens (including phenoxy) is 1. The van der Waals surface area contributed by atoms with Crippen molar-refractivity contribution in [1.82, 2.24) is 5.32 Å². The van der Waals surface area contributed by atoms with Crippen molar-refractivity contribution < 1.29 is 4.74 Å². The molecular weight excluding hydrogens is 150 g/mol. The molecule has 0 spiro atoms. The standard InChI is InChI=1S/C10H19NO/c1-8-4-5-11-9(7-8)10-3-2-6-12-10/h8-11H,2-7H2,1H3. The van der Waals surface area contributed by atoms with Crippen LogP contribution in [0.4, 0.5) is 0 Å². The zero-order valence-electron chi connectivity index (χ0n) is 7.88. The van der Waals surface area contributed by atoms with E-state index in [1.807, 2.05) is 0 Å². The quantitative estimate of drug-likeness (QED) is 0.643. The molecule has 2 aliphatic heterocycles. The van der Waals surface area contributed by atoms with E-state index >= 15 is 0 Å². The summed E-state index contributed by atoms with van der Waals surface area (Å²) in [4.78, 5) is 0. The van der Waals surface area contributed by atoms with Crippen molar-refractivity contribution in [2.45, 2.75) is 44.8 Å². The van der Waals surface area contributed by atoms with Gasteiger partial charge in [-0.1, -0.05) is 6.92 Å². The lowest BCUT2D eigenvalue weighted by Gasteiger charge is -2.31. The topological polar surface area (TPSA) is 21.3 Å². The minimum absolute atomic E-state index is 0.521. The highest BCUT2D eigenvalue weighted by Crippen LogP contribution is 2.24. The van der Waals surface area contributed by atoms with Crippen LogP contribution in [0.2, 0.25) is 0 Å². The van der Waals surface area contributed by atoms with Crippen molar-refractivity contribution in [3.05, 3.63) is 0 Å². The van der Waals surface area contributed by atoms with Gasteiger partial charge in [-0.2, -0.15) is 0 Å². The van der Waals surface area contributed by atoms with Gasteiger partial charge in [0.1, 0.15) is 0 Å². The second kappa shape index (κ2) is 3.75. The summed E-state index contributed by atoms with van der Waals surface area (Å²) in [6, 6.07) is 0.649. The third kappa shape index (κ3) is 1.80. The molecule has 0 aromatic heterocycles. The molecular formula is C10H19NO. The van der Waals surface area contributed by atoms with E-state index in [1.54, 1.807) is 0 Å². The summed E-state index contributed by atoms with van der Waals surface area (Å²) in [5, 5.41) is 3.57. The molecule has 0 radical (unpaired) electrons. The Morgan fingerprint density at radius 3 is 2.92 bits per heavy atom. The number of rotatable bonds is 1. The van der Waals surface area contributed by atoms with Gasteiger partial charge >= 0.3 is 0 Å². The number of hydrogen-bond donors (Lipinski definition) is 1. The third-order valence-corrected chi connectivity index (χ3v) is 3.11. The zero-order chi connectivity index (χ0) is 8.39. The van der Waals surface area contributed by atoms with Crippen LogP contribution in [0.1, 0.15) is 32.6 Å². The van der Waals surface area contributed by atoms with Crippen molar-refractivity contribution in [3.8, 4) is 0 Å². The summed E-state index contributed by atoms with van der Waals surface area (Å²) in [5.41, 5.74) is 0. The number of hydrogen-bond acceptors (Lipinski definition) is 2. The van der Waals surface area contributed by atoms with E-state index in [0.717, 1.165) is 12.5 Å². The zero-order valence-corrected chi connectivity index (χ0v) is 7.88. The maximum atomic E-state index is 5.68. The van der Waals surface area contributed by atoms with Gasteiger partial charge in [-0.25, -0.2) is 0 Å². The highest BCUT2D eigenvalue weighted by molar-refractivity contribution is 4.85. The van der Waals surface area contributed by atoms with Crippen molar-refractivity contribution in [3.63, 3.8) is 0 Å². The SMILES string of the molecule is CC1CCNC(C2CCCO2)C1. The molecule has 2 nitrogen and oxygen atoms in total. The largest absolute Gasteiger partial charge is 0.377 e. The summed E-state index contributed by atoms with van der Waals surface area (Å²) in [5.74, 6) is 0.889. The Morgan fingerprint density at radius 1 is 1.33 bits per heavy atom. The molecule has 0 bridgehead atoms. The molecule has 2 rings (SSSR count). The number of piperidine rings is 1. The van der Waals surface area contributed by atoms with Gasteiger partial charge in [-0.3, -0.25) is 0 Å². The molecule has 0 aromatic carbocycles. The minimum atomic E-state index is 0.521. The molecule has 3 atom stereocenters. The maximum absolute atomic E-state index is 5.68. The van der Waals surface area contributed by atoms with Gasteiger partial charge < -0.3 is 10.1 Å². The van der Waals surface area contributed by atoms with Gasteiger partial charge in [-0.05, 0) is 38.1 Å². The molecule has 0 aromatic rings. The van der Waals surface area contributed by atoms with Crippen LogP contribution < -0.4 is 5.32 Å². The fraction of sp³-hybridized carbons (Fsp3) is 1.00. The van der Waals surface area contributed by atoms with Gasteiger partial charge in [0.15, 0.2) is 0 Å². The Bertz CT molecular complexity index is 143. The first-order valence-corrected chi connectivity index (χ1v) is 5.21. The minimum Gasteiger partial charge on any atom is -0.377 e. The van der Waals surface area contributed by atoms with Crippen LogP contribution in [0, 0.1) is 5.92 Å². The van der Waals surface area contributed by atoms with Gasteiger partial charge in [0.2, 0.25) is 0 Å². The molecule has 0 aliphatic carbocycles. The van der Waals surface area contributed by atoms with Crippen molar-refractivity contribution in [2.24, 2.45) is 5.92 Å². The smallest absolute Gasteiger partial charge is 0.0728 e. The maximum Gasteiger partial charge on any atom is 0.0728 e. The summed E-state index contributed by atoms with van der Waals surface area (Å²) in [6.45, 7) is 4.52. The molecule has 0 amide bonds. The first kappa shape index (κ1) is 8.52. The summed E-state index contributed by atoms with van der Waals surface area (Å²) in [6.07, 6.45) is 5.70. The Balaban J connectivity index is 1.85. The molecule has 2 heteroatoms. The first-order chi connectivity index (χ1) is 5.86. The van der Waals surface area contributed by atoms with Crippen LogP contribution in [0.15, 0.2) is 0 Å². The Kier molecular flexibility index (Phi) is 2.66. The van der Waals surface area contributed by atoms with Crippen LogP contribution in [0.5, 0.6) is 0 Å². The van der Waals surface area contributed by atoms with Gasteiger partial charge in [0, 0.05) is 12.6 Å². The average Bonchev–Trinajstić information content (AvgIpc) is 2.56. The molecule has 3 unspecified atom stereocenters. The molecule has 0 saturated carbocycles. The fourth-order valence-electron chi connectivity index (χ4n) is 2.35. The fourth-order valence-corrected chi connectivity index (χ4v) is 2.35. The van der Waals surface area contributed by atoms with Crippen LogP contribution in [0.25, 0.3) is 0 Å². The van der Waals surface area contributed by atoms with Gasteiger partial charge in [0.25, 0.3) is 0 Å². The van der Waals surface area contributed by atoms with E-state index in [2.05, 4.69) is 12.2 Å². The van der Waals surface area contributed by atoms with E-state index in [9.17, 15) is 0 Å². The van der Waals surface area contributed by atoms with Crippen molar-refractivity contribution in [2.75, 3.05) is 13.2 Å². The monoisotopic (exact) mass is 169 g/mol. The molecule has 12 heavy (non-hydrogen) atoms. The van der Waals surface area contributed by atoms with E-state index in [4.69, 9.17) is 4.74 Å². The predicted molar refractivity (Wildman–Crippen MR) is 49.2 cm³/mol. The van der Waals surface area contributed by atoms with Gasteiger partial charge in [-0.15, -0.1) is 0 Å². The molecule has 2 saturated heterocycles. The Hall–Kier alpha value is -0.0800. The summed E-state index contributed by atoms with van der Waals surface area (Å²) >= 11 is 0. The van der Waals surface area contributed by atoms with Crippen LogP contribution in [0.3, 0.4) is 0 Å². The lowest BCUT2D eigenvalue weighted by Crippen LogP contribution is -2.45. The number of nitrogens with one attached hydrogen (secondary N) is 1. The van der Waals surface area contributed by atoms with Crippen molar-refractivity contribution in [1.29, 1.82) is 0 Å². The average molecular weight is 169 g/mol. The van der Waals surface area contributed by atoms with E-state index in [0.29, 0.717) is 12.1 Å². The van der Waals surface area contributed by atoms with Gasteiger partial charge in [0.05, 0.1) is 6.10 Å². The summed E-state index contributed by atoms with van der Waals surface area (Å²) < 4.78 is 5.68. The lowest BCUT2D eigenvalue weighted by atomic mass is 9.90. The molecule has 2 heterocycles. The van der Waals surface area contributed by atoms with E-state index in [-0.39, 0.29) is 0 Å². The second-order valence-electron chi connectivity index (χ2n) is 4.24. The lowest BCUT2D eigenvalue weighted by molar-refractivity contribution is 0.0620. The molecule has 2 aliphatic rings. The van der Waals surface area contributed by atoms with Crippen molar-refractivity contribution >= 4 is 0 Å². The molecule has 70 valence electrons. The van der Waals surface area contributed by atoms with E-state index in [1.165, 1.54) is 32.2 Å². The van der Waals surface area contributed by atoms with E-state index < -0.39 is 0 Å². The Morgan fingerprint density at radius 2 is 2.25 bits per heavy atom. The highest BCUT2D eigenvalue weighted by atomic mass is 16.5. The van der Waals surface area contributed by atoms with Crippen LogP contribution in [-0.2, 0) is 4.74 Å². The van der Waals surface area contributed by atoms with Crippen LogP contribution in [-0.4, -0.2) is 25.3 Å². The third-order valence-electron chi connectivity index (χ3n) is 3.11. The highest BCUT2D eigenvalue weighted by Gasteiger charge is 2.28. The second-order valence-corrected chi connectivity index (χ2v) is 4.24. The molecule has 2 fully saturated rings. The predicted octanol–water partition coefficient (Wildman–Crippen LogP) is 1.55. The first-order valence-electron chi connectivity index (χ1n) is 5.21. The Labute approximate surface area is 74.7 Å². The summed E-state index contributed by atoms with van der Waals surface area (Å²) in [7, 11) is 0. The van der Waals surface area contributed by atoms with Crippen LogP contribution >= 0.6 is 0 Å². The molecule has 1 N–H and O–H groups in total.